The molecule has 8 heteroatoms. The summed E-state index contributed by atoms with van der Waals surface area (Å²) in [6, 6.07) is 8.54. The van der Waals surface area contributed by atoms with Crippen molar-refractivity contribution in [1.82, 2.24) is 5.32 Å². The van der Waals surface area contributed by atoms with E-state index in [0.29, 0.717) is 16.4 Å². The van der Waals surface area contributed by atoms with Gasteiger partial charge in [0.1, 0.15) is 18.2 Å². The molecule has 0 aliphatic carbocycles. The largest absolute Gasteiger partial charge is 0.493 e. The van der Waals surface area contributed by atoms with Crippen LogP contribution in [0.5, 0.6) is 11.5 Å². The lowest BCUT2D eigenvalue weighted by molar-refractivity contribution is -0.138. The predicted molar refractivity (Wildman–Crippen MR) is 139 cm³/mol. The van der Waals surface area contributed by atoms with Crippen LogP contribution < -0.4 is 14.8 Å². The van der Waals surface area contributed by atoms with Crippen molar-refractivity contribution in [3.63, 3.8) is 0 Å². The molecule has 1 amide bonds. The van der Waals surface area contributed by atoms with Gasteiger partial charge in [0.15, 0.2) is 11.5 Å². The molecule has 0 aliphatic heterocycles. The van der Waals surface area contributed by atoms with Gasteiger partial charge in [0.25, 0.3) is 5.91 Å². The lowest BCUT2D eigenvalue weighted by atomic mass is 9.74. The molecule has 2 atom stereocenters. The summed E-state index contributed by atoms with van der Waals surface area (Å²) in [5, 5.41) is 22.4. The number of methoxy groups -OCH3 is 1. The highest BCUT2D eigenvalue weighted by Crippen LogP contribution is 2.45. The quantitative estimate of drug-likeness (QED) is 0.386. The maximum atomic E-state index is 12.6. The molecular formula is C27H39NO6S. The molecule has 2 rings (SSSR count). The molecule has 1 heterocycles. The number of hydrogen-bond donors (Lipinski definition) is 3. The van der Waals surface area contributed by atoms with Gasteiger partial charge < -0.3 is 25.0 Å². The molecule has 0 fully saturated rings. The molecule has 0 radical (unpaired) electrons. The Balaban J connectivity index is 2.38. The van der Waals surface area contributed by atoms with Crippen LogP contribution in [0.2, 0.25) is 0 Å². The molecule has 0 spiro atoms. The van der Waals surface area contributed by atoms with Gasteiger partial charge in [-0.3, -0.25) is 9.59 Å². The Bertz CT molecular complexity index is 1030. The zero-order valence-corrected chi connectivity index (χ0v) is 22.8. The minimum atomic E-state index is -1.08. The van der Waals surface area contributed by atoms with Crippen molar-refractivity contribution in [1.29, 1.82) is 0 Å². The number of hydrogen-bond acceptors (Lipinski definition) is 6. The first kappa shape index (κ1) is 28.7. The van der Waals surface area contributed by atoms with E-state index in [1.807, 2.05) is 45.0 Å². The molecular weight excluding hydrogens is 466 g/mol. The highest BCUT2D eigenvalue weighted by atomic mass is 32.1. The van der Waals surface area contributed by atoms with Gasteiger partial charge in [0.05, 0.1) is 12.0 Å². The van der Waals surface area contributed by atoms with Gasteiger partial charge in [-0.25, -0.2) is 0 Å². The second kappa shape index (κ2) is 11.0. The van der Waals surface area contributed by atoms with Crippen molar-refractivity contribution >= 4 is 23.2 Å². The normalized spacial score (nSPS) is 14.7. The first-order valence-corrected chi connectivity index (χ1v) is 12.7. The summed E-state index contributed by atoms with van der Waals surface area (Å²) in [4.78, 5) is 25.1. The Hall–Kier alpha value is -2.58. The van der Waals surface area contributed by atoms with Crippen LogP contribution in [0.3, 0.4) is 0 Å². The second-order valence-corrected chi connectivity index (χ2v) is 11.2. The van der Waals surface area contributed by atoms with Crippen LogP contribution in [0.1, 0.15) is 81.4 Å². The Morgan fingerprint density at radius 3 is 2.20 bits per heavy atom. The topological polar surface area (TPSA) is 105 Å². The maximum Gasteiger partial charge on any atom is 0.325 e. The van der Waals surface area contributed by atoms with Gasteiger partial charge in [-0.1, -0.05) is 40.7 Å². The van der Waals surface area contributed by atoms with Crippen molar-refractivity contribution in [2.75, 3.05) is 13.7 Å². The van der Waals surface area contributed by atoms with Crippen molar-refractivity contribution < 1.29 is 29.3 Å². The number of carboxylic acids is 1. The van der Waals surface area contributed by atoms with Crippen molar-refractivity contribution in [3.8, 4) is 11.5 Å². The van der Waals surface area contributed by atoms with E-state index < -0.39 is 23.5 Å². The summed E-state index contributed by atoms with van der Waals surface area (Å²) in [5.41, 5.74) is -0.712. The van der Waals surface area contributed by atoms with Gasteiger partial charge in [-0.15, -0.1) is 11.3 Å². The Kier molecular flexibility index (Phi) is 9.00. The SMILES string of the molecule is CCC(CC)(c1ccc(OCC(C)(O)C(C)(C)C)c(OC)c1)c1ccc(C(=O)N[C@@H](C)C(=O)O)s1. The summed E-state index contributed by atoms with van der Waals surface area (Å²) >= 11 is 1.37. The summed E-state index contributed by atoms with van der Waals surface area (Å²) in [6.45, 7) is 13.4. The van der Waals surface area contributed by atoms with E-state index in [1.165, 1.54) is 18.3 Å². The third-order valence-electron chi connectivity index (χ3n) is 7.07. The van der Waals surface area contributed by atoms with Gasteiger partial charge in [-0.2, -0.15) is 0 Å². The van der Waals surface area contributed by atoms with Crippen LogP contribution in [0.15, 0.2) is 30.3 Å². The van der Waals surface area contributed by atoms with E-state index in [9.17, 15) is 14.7 Å². The molecule has 1 aromatic heterocycles. The molecule has 0 bridgehead atoms. The molecule has 2 aromatic rings. The lowest BCUT2D eigenvalue weighted by Crippen LogP contribution is -2.45. The number of thiophene rings is 1. The van der Waals surface area contributed by atoms with E-state index in [4.69, 9.17) is 14.6 Å². The zero-order chi connectivity index (χ0) is 26.6. The molecule has 0 aliphatic rings. The maximum absolute atomic E-state index is 12.6. The fourth-order valence-corrected chi connectivity index (χ4v) is 4.98. The predicted octanol–water partition coefficient (Wildman–Crippen LogP) is 5.24. The summed E-state index contributed by atoms with van der Waals surface area (Å²) in [7, 11) is 1.59. The first-order chi connectivity index (χ1) is 16.2. The summed E-state index contributed by atoms with van der Waals surface area (Å²) in [5.74, 6) is -0.353. The molecule has 194 valence electrons. The van der Waals surface area contributed by atoms with Gasteiger partial charge >= 0.3 is 5.97 Å². The van der Waals surface area contributed by atoms with Crippen LogP contribution in [-0.4, -0.2) is 47.4 Å². The highest BCUT2D eigenvalue weighted by Gasteiger charge is 2.37. The van der Waals surface area contributed by atoms with Gasteiger partial charge in [0, 0.05) is 10.3 Å². The number of carbonyl (C=O) groups is 2. The standard InChI is InChI=1S/C27H39NO6S/c1-9-27(10-2,22-14-13-21(35-22)23(29)28-17(3)24(30)31)18-11-12-19(20(15-18)33-8)34-16-26(7,32)25(4,5)6/h11-15,17,32H,9-10,16H2,1-8H3,(H,28,29)(H,30,31)/t17-,26?/m0/s1. The number of ether oxygens (including phenoxy) is 2. The summed E-state index contributed by atoms with van der Waals surface area (Å²) < 4.78 is 11.6. The third kappa shape index (κ3) is 6.16. The van der Waals surface area contributed by atoms with E-state index in [0.717, 1.165) is 23.3 Å². The van der Waals surface area contributed by atoms with Crippen LogP contribution in [0.25, 0.3) is 0 Å². The zero-order valence-electron chi connectivity index (χ0n) is 22.0. The smallest absolute Gasteiger partial charge is 0.325 e. The number of carboxylic acid groups (broad SMARTS) is 1. The Morgan fingerprint density at radius 2 is 1.69 bits per heavy atom. The monoisotopic (exact) mass is 505 g/mol. The number of nitrogens with one attached hydrogen (secondary N) is 1. The molecule has 0 saturated heterocycles. The number of rotatable bonds is 11. The molecule has 35 heavy (non-hydrogen) atoms. The lowest BCUT2D eigenvalue weighted by Gasteiger charge is -2.37. The fourth-order valence-electron chi connectivity index (χ4n) is 3.71. The van der Waals surface area contributed by atoms with Gasteiger partial charge in [-0.05, 0) is 61.9 Å². The van der Waals surface area contributed by atoms with E-state index >= 15 is 0 Å². The van der Waals surface area contributed by atoms with E-state index in [-0.39, 0.29) is 17.4 Å². The average molecular weight is 506 g/mol. The minimum Gasteiger partial charge on any atom is -0.493 e. The Morgan fingerprint density at radius 1 is 1.06 bits per heavy atom. The van der Waals surface area contributed by atoms with Crippen LogP contribution in [0.4, 0.5) is 0 Å². The number of aliphatic carboxylic acids is 1. The first-order valence-electron chi connectivity index (χ1n) is 11.9. The third-order valence-corrected chi connectivity index (χ3v) is 8.36. The van der Waals surface area contributed by atoms with Gasteiger partial charge in [0.2, 0.25) is 0 Å². The van der Waals surface area contributed by atoms with Crippen LogP contribution in [-0.2, 0) is 10.2 Å². The Labute approximate surface area is 212 Å². The molecule has 7 nitrogen and oxygen atoms in total. The number of benzene rings is 1. The highest BCUT2D eigenvalue weighted by molar-refractivity contribution is 7.14. The van der Waals surface area contributed by atoms with E-state index in [1.54, 1.807) is 20.1 Å². The molecule has 3 N–H and O–H groups in total. The summed E-state index contributed by atoms with van der Waals surface area (Å²) in [6.07, 6.45) is 1.58. The molecule has 1 aromatic carbocycles. The van der Waals surface area contributed by atoms with Crippen molar-refractivity contribution in [2.45, 2.75) is 78.4 Å². The second-order valence-electron chi connectivity index (χ2n) is 10.2. The van der Waals surface area contributed by atoms with Crippen LogP contribution >= 0.6 is 11.3 Å². The molecule has 1 unspecified atom stereocenters. The number of aliphatic hydroxyl groups is 1. The average Bonchev–Trinajstić information content (AvgIpc) is 3.29. The van der Waals surface area contributed by atoms with Crippen molar-refractivity contribution in [3.05, 3.63) is 45.6 Å². The van der Waals surface area contributed by atoms with E-state index in [2.05, 4.69) is 19.2 Å². The minimum absolute atomic E-state index is 0.122. The molecule has 0 saturated carbocycles. The number of amides is 1. The number of carbonyl (C=O) groups excluding carboxylic acids is 1. The van der Waals surface area contributed by atoms with Crippen molar-refractivity contribution in [2.24, 2.45) is 5.41 Å². The fraction of sp³-hybridized carbons (Fsp3) is 0.556. The van der Waals surface area contributed by atoms with Crippen LogP contribution in [0, 0.1) is 5.41 Å².